The van der Waals surface area contributed by atoms with Gasteiger partial charge in [0.15, 0.2) is 29.1 Å². The summed E-state index contributed by atoms with van der Waals surface area (Å²) < 4.78 is 68.7. The number of benzene rings is 3. The molecule has 2 heterocycles. The van der Waals surface area contributed by atoms with Crippen molar-refractivity contribution in [3.05, 3.63) is 59.7 Å². The Kier molecular flexibility index (Phi) is 3.06. The highest BCUT2D eigenvalue weighted by atomic mass is 19.2. The summed E-state index contributed by atoms with van der Waals surface area (Å²) in [7, 11) is 0. The zero-order valence-corrected chi connectivity index (χ0v) is 13.1. The van der Waals surface area contributed by atoms with E-state index in [1.807, 2.05) is 0 Å². The molecule has 5 aromatic rings. The fourth-order valence-electron chi connectivity index (χ4n) is 3.14. The van der Waals surface area contributed by atoms with Gasteiger partial charge in [0.1, 0.15) is 6.33 Å². The maximum atomic E-state index is 14.1. The minimum absolute atomic E-state index is 0.270. The van der Waals surface area contributed by atoms with Crippen LogP contribution in [0.4, 0.5) is 22.0 Å². The van der Waals surface area contributed by atoms with Crippen LogP contribution >= 0.6 is 0 Å². The third-order valence-corrected chi connectivity index (χ3v) is 4.35. The van der Waals surface area contributed by atoms with Gasteiger partial charge in [-0.1, -0.05) is 0 Å². The van der Waals surface area contributed by atoms with E-state index in [1.54, 1.807) is 12.1 Å². The first-order valence-electron chi connectivity index (χ1n) is 7.62. The molecule has 0 atom stereocenters. The number of rotatable bonds is 1. The average Bonchev–Trinajstić information content (AvgIpc) is 2.69. The molecule has 0 aliphatic rings. The number of aromatic nitrogens is 4. The van der Waals surface area contributed by atoms with Crippen LogP contribution in [0.2, 0.25) is 0 Å². The Hall–Kier alpha value is -3.49. The van der Waals surface area contributed by atoms with Crippen molar-refractivity contribution in [2.24, 2.45) is 0 Å². The molecule has 3 aromatic carbocycles. The van der Waals surface area contributed by atoms with Crippen LogP contribution in [0.3, 0.4) is 0 Å². The van der Waals surface area contributed by atoms with Crippen LogP contribution in [0, 0.1) is 29.1 Å². The third kappa shape index (κ3) is 2.02. The molecular formula is C18H5F5N4. The minimum Gasteiger partial charge on any atom is -0.236 e. The molecule has 0 aliphatic carbocycles. The molecule has 132 valence electrons. The van der Waals surface area contributed by atoms with Gasteiger partial charge >= 0.3 is 0 Å². The summed E-state index contributed by atoms with van der Waals surface area (Å²) >= 11 is 0. The second-order valence-electron chi connectivity index (χ2n) is 5.82. The largest absolute Gasteiger partial charge is 0.236 e. The zero-order valence-electron chi connectivity index (χ0n) is 13.1. The first-order chi connectivity index (χ1) is 13.0. The summed E-state index contributed by atoms with van der Waals surface area (Å²) in [6, 6.07) is 6.32. The van der Waals surface area contributed by atoms with E-state index in [0.29, 0.717) is 21.8 Å². The summed E-state index contributed by atoms with van der Waals surface area (Å²) in [6.07, 6.45) is 1.39. The summed E-state index contributed by atoms with van der Waals surface area (Å²) in [6.45, 7) is 0. The van der Waals surface area contributed by atoms with Crippen LogP contribution in [-0.2, 0) is 0 Å². The number of hydrogen-bond donors (Lipinski definition) is 0. The van der Waals surface area contributed by atoms with Crippen molar-refractivity contribution < 1.29 is 22.0 Å². The van der Waals surface area contributed by atoms with Crippen molar-refractivity contribution >= 4 is 32.8 Å². The van der Waals surface area contributed by atoms with E-state index in [1.165, 1.54) is 18.5 Å². The van der Waals surface area contributed by atoms with Gasteiger partial charge in [0.25, 0.3) is 0 Å². The predicted molar refractivity (Wildman–Crippen MR) is 86.6 cm³/mol. The lowest BCUT2D eigenvalue weighted by Gasteiger charge is -2.11. The van der Waals surface area contributed by atoms with Gasteiger partial charge in [-0.05, 0) is 24.3 Å². The molecule has 0 unspecified atom stereocenters. The molecule has 0 saturated heterocycles. The SMILES string of the molecule is Fc1c(F)c(F)c(-c2nc3ccc4ncnc5ccc(n2)c3c45)c(F)c1F. The highest BCUT2D eigenvalue weighted by molar-refractivity contribution is 6.19. The predicted octanol–water partition coefficient (Wildman–Crippen LogP) is 4.53. The second kappa shape index (κ2) is 5.26. The number of nitrogens with zero attached hydrogens (tertiary/aromatic N) is 4. The maximum Gasteiger partial charge on any atom is 0.200 e. The van der Waals surface area contributed by atoms with E-state index < -0.39 is 40.5 Å². The van der Waals surface area contributed by atoms with Crippen molar-refractivity contribution in [2.45, 2.75) is 0 Å². The Bertz CT molecular complexity index is 1290. The van der Waals surface area contributed by atoms with E-state index in [2.05, 4.69) is 19.9 Å². The lowest BCUT2D eigenvalue weighted by molar-refractivity contribution is 0.381. The lowest BCUT2D eigenvalue weighted by Crippen LogP contribution is -2.06. The molecule has 0 N–H and O–H groups in total. The summed E-state index contributed by atoms with van der Waals surface area (Å²) in [5.41, 5.74) is 0.600. The molecule has 9 heteroatoms. The highest BCUT2D eigenvalue weighted by Gasteiger charge is 2.28. The lowest BCUT2D eigenvalue weighted by atomic mass is 10.0. The maximum absolute atomic E-state index is 14.1. The third-order valence-electron chi connectivity index (χ3n) is 4.35. The molecule has 0 aliphatic heterocycles. The van der Waals surface area contributed by atoms with E-state index in [-0.39, 0.29) is 11.0 Å². The monoisotopic (exact) mass is 372 g/mol. The van der Waals surface area contributed by atoms with E-state index >= 15 is 0 Å². The molecule has 0 radical (unpaired) electrons. The standard InChI is InChI=1S/C18H5F5N4/c19-13-12(14(20)16(22)17(23)15(13)21)18-26-8-3-1-6-10-7(25-5-24-6)2-4-9(27-18)11(8)10/h1-5H. The van der Waals surface area contributed by atoms with Gasteiger partial charge in [-0.15, -0.1) is 0 Å². The molecule has 0 amide bonds. The van der Waals surface area contributed by atoms with Crippen molar-refractivity contribution in [1.82, 2.24) is 19.9 Å². The fraction of sp³-hybridized carbons (Fsp3) is 0. The number of halogens is 5. The highest BCUT2D eigenvalue weighted by Crippen LogP contribution is 2.34. The Morgan fingerprint density at radius 1 is 0.519 bits per heavy atom. The summed E-state index contributed by atoms with van der Waals surface area (Å²) in [5.74, 6) is -10.9. The normalized spacial score (nSPS) is 11.9. The first-order valence-corrected chi connectivity index (χ1v) is 7.62. The van der Waals surface area contributed by atoms with Gasteiger partial charge in [0.2, 0.25) is 5.82 Å². The van der Waals surface area contributed by atoms with Crippen LogP contribution in [0.1, 0.15) is 0 Å². The topological polar surface area (TPSA) is 51.6 Å². The molecule has 0 fully saturated rings. The quantitative estimate of drug-likeness (QED) is 0.188. The van der Waals surface area contributed by atoms with Crippen LogP contribution in [-0.4, -0.2) is 19.9 Å². The van der Waals surface area contributed by atoms with Gasteiger partial charge in [0, 0.05) is 10.8 Å². The van der Waals surface area contributed by atoms with Crippen molar-refractivity contribution in [3.8, 4) is 11.4 Å². The van der Waals surface area contributed by atoms with Crippen molar-refractivity contribution in [3.63, 3.8) is 0 Å². The molecule has 0 spiro atoms. The van der Waals surface area contributed by atoms with E-state index in [4.69, 9.17) is 0 Å². The molecular weight excluding hydrogens is 367 g/mol. The Balaban J connectivity index is 1.92. The molecule has 4 nitrogen and oxygen atoms in total. The van der Waals surface area contributed by atoms with Crippen molar-refractivity contribution in [1.29, 1.82) is 0 Å². The Morgan fingerprint density at radius 3 is 1.44 bits per heavy atom. The Morgan fingerprint density at radius 2 is 0.926 bits per heavy atom. The molecule has 27 heavy (non-hydrogen) atoms. The smallest absolute Gasteiger partial charge is 0.200 e. The molecule has 5 rings (SSSR count). The zero-order chi connectivity index (χ0) is 18.9. The first kappa shape index (κ1) is 15.7. The minimum atomic E-state index is -2.23. The van der Waals surface area contributed by atoms with Gasteiger partial charge < -0.3 is 0 Å². The van der Waals surface area contributed by atoms with Gasteiger partial charge in [-0.3, -0.25) is 0 Å². The van der Waals surface area contributed by atoms with E-state index in [0.717, 1.165) is 0 Å². The van der Waals surface area contributed by atoms with Gasteiger partial charge in [-0.25, -0.2) is 41.9 Å². The van der Waals surface area contributed by atoms with Crippen LogP contribution in [0.25, 0.3) is 44.2 Å². The number of hydrogen-bond acceptors (Lipinski definition) is 4. The van der Waals surface area contributed by atoms with E-state index in [9.17, 15) is 22.0 Å². The van der Waals surface area contributed by atoms with Gasteiger partial charge in [0.05, 0.1) is 27.6 Å². The van der Waals surface area contributed by atoms with Crippen LogP contribution in [0.5, 0.6) is 0 Å². The van der Waals surface area contributed by atoms with Crippen molar-refractivity contribution in [2.75, 3.05) is 0 Å². The van der Waals surface area contributed by atoms with Crippen LogP contribution in [0.15, 0.2) is 30.6 Å². The Labute approximate surface area is 146 Å². The second-order valence-corrected chi connectivity index (χ2v) is 5.82. The van der Waals surface area contributed by atoms with Gasteiger partial charge in [-0.2, -0.15) is 0 Å². The molecule has 2 aromatic heterocycles. The fourth-order valence-corrected chi connectivity index (χ4v) is 3.14. The molecule has 0 bridgehead atoms. The van der Waals surface area contributed by atoms with Crippen LogP contribution < -0.4 is 0 Å². The average molecular weight is 372 g/mol. The summed E-state index contributed by atoms with van der Waals surface area (Å²) in [4.78, 5) is 16.4. The molecule has 0 saturated carbocycles. The summed E-state index contributed by atoms with van der Waals surface area (Å²) in [5, 5.41) is 1.19.